The van der Waals surface area contributed by atoms with Crippen LogP contribution in [-0.2, 0) is 14.2 Å². The molecule has 5 rings (SSSR count). The topological polar surface area (TPSA) is 94.7 Å². The number of fused-ring (bicyclic) bond motifs is 1. The van der Waals surface area contributed by atoms with Gasteiger partial charge in [-0.3, -0.25) is 5.32 Å². The highest BCUT2D eigenvalue weighted by Gasteiger charge is 2.28. The second-order valence-electron chi connectivity index (χ2n) is 10.1. The minimum Gasteiger partial charge on any atom is -0.491 e. The van der Waals surface area contributed by atoms with Crippen molar-refractivity contribution in [2.75, 3.05) is 25.3 Å². The van der Waals surface area contributed by atoms with Gasteiger partial charge in [0.2, 0.25) is 0 Å². The van der Waals surface area contributed by atoms with E-state index in [-0.39, 0.29) is 18.1 Å². The number of hydrogen-bond acceptors (Lipinski definition) is 6. The number of amides is 1. The molecule has 8 heteroatoms. The number of carbonyl (C=O) groups is 1. The molecule has 2 fully saturated rings. The third-order valence-corrected chi connectivity index (χ3v) is 7.29. The molecule has 1 unspecified atom stereocenters. The van der Waals surface area contributed by atoms with Crippen LogP contribution in [0.2, 0.25) is 0 Å². The van der Waals surface area contributed by atoms with Crippen LogP contribution in [0.1, 0.15) is 51.6 Å². The Kier molecular flexibility index (Phi) is 7.36. The highest BCUT2D eigenvalue weighted by molar-refractivity contribution is 5.96. The Morgan fingerprint density at radius 2 is 1.97 bits per heavy atom. The minimum atomic E-state index is -0.475. The lowest BCUT2D eigenvalue weighted by molar-refractivity contribution is 0.0320. The average molecular weight is 504 g/mol. The van der Waals surface area contributed by atoms with Crippen LogP contribution in [0.5, 0.6) is 5.75 Å². The smallest absolute Gasteiger partial charge is 0.411 e. The fourth-order valence-electron chi connectivity index (χ4n) is 4.63. The van der Waals surface area contributed by atoms with Gasteiger partial charge in [0, 0.05) is 17.1 Å². The van der Waals surface area contributed by atoms with Gasteiger partial charge in [0.15, 0.2) is 0 Å². The molecule has 0 bridgehead atoms. The monoisotopic (exact) mass is 503 g/mol. The predicted octanol–water partition coefficient (Wildman–Crippen LogP) is 6.25. The molecule has 8 nitrogen and oxygen atoms in total. The van der Waals surface area contributed by atoms with E-state index in [1.54, 1.807) is 0 Å². The Balaban J connectivity index is 1.44. The summed E-state index contributed by atoms with van der Waals surface area (Å²) in [5.41, 5.74) is 4.11. The molecule has 194 valence electrons. The summed E-state index contributed by atoms with van der Waals surface area (Å²) in [5.74, 6) is 0.937. The number of hydrogen-bond donors (Lipinski definition) is 1. The van der Waals surface area contributed by atoms with E-state index in [9.17, 15) is 10.1 Å². The van der Waals surface area contributed by atoms with Gasteiger partial charge in [-0.2, -0.15) is 5.26 Å². The number of aromatic nitrogens is 1. The summed E-state index contributed by atoms with van der Waals surface area (Å²) in [6.07, 6.45) is 2.60. The number of anilines is 1. The molecule has 1 aromatic heterocycles. The summed E-state index contributed by atoms with van der Waals surface area (Å²) in [6.45, 7) is 7.11. The molecule has 1 N–H and O–H groups in total. The van der Waals surface area contributed by atoms with Crippen molar-refractivity contribution in [3.63, 3.8) is 0 Å². The predicted molar refractivity (Wildman–Crippen MR) is 141 cm³/mol. The third-order valence-electron chi connectivity index (χ3n) is 7.29. The maximum Gasteiger partial charge on any atom is 0.411 e. The van der Waals surface area contributed by atoms with E-state index < -0.39 is 6.09 Å². The van der Waals surface area contributed by atoms with Crippen molar-refractivity contribution < 1.29 is 23.7 Å². The maximum atomic E-state index is 12.3. The van der Waals surface area contributed by atoms with E-state index in [1.165, 1.54) is 6.42 Å². The molecule has 1 saturated heterocycles. The standard InChI is InChI=1S/C29H33N3O5/c1-18(2)19(3)37-29(33)31-21-9-7-20(8-10-21)28-26(14-30)25-13-23(35-16-24-15-34-17-36-24)11-12-27(25)32(28)22-5-4-6-22/h7-13,18-19,22,24H,4-6,15-17H2,1-3H3,(H,31,33)/t19-,24?/m1/s1. The van der Waals surface area contributed by atoms with Gasteiger partial charge >= 0.3 is 6.09 Å². The first-order valence-electron chi connectivity index (χ1n) is 12.9. The molecule has 37 heavy (non-hydrogen) atoms. The van der Waals surface area contributed by atoms with E-state index >= 15 is 0 Å². The first-order valence-corrected chi connectivity index (χ1v) is 12.9. The minimum absolute atomic E-state index is 0.0840. The number of nitrogens with one attached hydrogen (secondary N) is 1. The summed E-state index contributed by atoms with van der Waals surface area (Å²) in [5, 5.41) is 13.9. The fraction of sp³-hybridized carbons (Fsp3) is 0.448. The summed E-state index contributed by atoms with van der Waals surface area (Å²) in [6, 6.07) is 16.3. The molecule has 2 atom stereocenters. The lowest BCUT2D eigenvalue weighted by atomic mass is 9.92. The van der Waals surface area contributed by atoms with Gasteiger partial charge in [-0.1, -0.05) is 26.0 Å². The molecule has 1 saturated carbocycles. The van der Waals surface area contributed by atoms with E-state index in [0.717, 1.165) is 35.0 Å². The van der Waals surface area contributed by atoms with E-state index in [1.807, 2.05) is 63.2 Å². The van der Waals surface area contributed by atoms with Gasteiger partial charge in [0.1, 0.15) is 37.4 Å². The Bertz CT molecular complexity index is 1300. The van der Waals surface area contributed by atoms with Gasteiger partial charge in [0.05, 0.1) is 23.4 Å². The summed E-state index contributed by atoms with van der Waals surface area (Å²) in [7, 11) is 0. The zero-order valence-electron chi connectivity index (χ0n) is 21.5. The molecule has 2 aliphatic rings. The van der Waals surface area contributed by atoms with Crippen molar-refractivity contribution in [2.45, 2.75) is 58.3 Å². The van der Waals surface area contributed by atoms with Gasteiger partial charge in [-0.25, -0.2) is 4.79 Å². The molecule has 1 aliphatic heterocycles. The number of carbonyl (C=O) groups excluding carboxylic acids is 1. The van der Waals surface area contributed by atoms with Crippen molar-refractivity contribution in [3.8, 4) is 23.1 Å². The summed E-state index contributed by atoms with van der Waals surface area (Å²) >= 11 is 0. The molecule has 0 radical (unpaired) electrons. The summed E-state index contributed by atoms with van der Waals surface area (Å²) < 4.78 is 24.4. The van der Waals surface area contributed by atoms with Crippen molar-refractivity contribution in [1.82, 2.24) is 4.57 Å². The van der Waals surface area contributed by atoms with Crippen LogP contribution in [0.25, 0.3) is 22.2 Å². The fourth-order valence-corrected chi connectivity index (χ4v) is 4.63. The first-order chi connectivity index (χ1) is 17.9. The molecule has 3 aromatic rings. The van der Waals surface area contributed by atoms with E-state index in [0.29, 0.717) is 43.0 Å². The van der Waals surface area contributed by atoms with Gasteiger partial charge in [0.25, 0.3) is 0 Å². The number of nitriles is 1. The van der Waals surface area contributed by atoms with Gasteiger partial charge < -0.3 is 23.5 Å². The van der Waals surface area contributed by atoms with E-state index in [2.05, 4.69) is 16.0 Å². The van der Waals surface area contributed by atoms with Crippen molar-refractivity contribution in [1.29, 1.82) is 5.26 Å². The van der Waals surface area contributed by atoms with Crippen LogP contribution in [0.3, 0.4) is 0 Å². The Hall–Kier alpha value is -3.54. The Morgan fingerprint density at radius 3 is 2.59 bits per heavy atom. The van der Waals surface area contributed by atoms with Crippen LogP contribution < -0.4 is 10.1 Å². The van der Waals surface area contributed by atoms with Crippen LogP contribution in [0.15, 0.2) is 42.5 Å². The van der Waals surface area contributed by atoms with Gasteiger partial charge in [-0.15, -0.1) is 0 Å². The average Bonchev–Trinajstić information content (AvgIpc) is 3.48. The van der Waals surface area contributed by atoms with Crippen LogP contribution >= 0.6 is 0 Å². The number of rotatable bonds is 8. The molecule has 0 spiro atoms. The van der Waals surface area contributed by atoms with E-state index in [4.69, 9.17) is 18.9 Å². The quantitative estimate of drug-likeness (QED) is 0.390. The van der Waals surface area contributed by atoms with Gasteiger partial charge in [-0.05, 0) is 68.0 Å². The first kappa shape index (κ1) is 25.1. The molecule has 2 heterocycles. The molecule has 1 aliphatic carbocycles. The zero-order chi connectivity index (χ0) is 25.9. The number of benzene rings is 2. The SMILES string of the molecule is CC(C)[C@@H](C)OC(=O)Nc1ccc(-c2c(C#N)c3cc(OCC4COCO4)ccc3n2C2CCC2)cc1. The second kappa shape index (κ2) is 10.8. The van der Waals surface area contributed by atoms with Crippen molar-refractivity contribution >= 4 is 22.7 Å². The zero-order valence-corrected chi connectivity index (χ0v) is 21.5. The lowest BCUT2D eigenvalue weighted by Crippen LogP contribution is -2.23. The lowest BCUT2D eigenvalue weighted by Gasteiger charge is -2.30. The van der Waals surface area contributed by atoms with Crippen LogP contribution in [0.4, 0.5) is 10.5 Å². The van der Waals surface area contributed by atoms with Crippen molar-refractivity contribution in [3.05, 3.63) is 48.0 Å². The molecule has 2 aromatic carbocycles. The number of ether oxygens (including phenoxy) is 4. The normalized spacial score (nSPS) is 18.4. The maximum absolute atomic E-state index is 12.3. The third kappa shape index (κ3) is 5.29. The van der Waals surface area contributed by atoms with Crippen LogP contribution in [0, 0.1) is 17.2 Å². The highest BCUT2D eigenvalue weighted by atomic mass is 16.7. The second-order valence-corrected chi connectivity index (χ2v) is 10.1. The Labute approximate surface area is 217 Å². The Morgan fingerprint density at radius 1 is 1.19 bits per heavy atom. The molecular formula is C29H33N3O5. The van der Waals surface area contributed by atoms with Crippen molar-refractivity contribution in [2.24, 2.45) is 5.92 Å². The van der Waals surface area contributed by atoms with Crippen LogP contribution in [-0.4, -0.2) is 42.9 Å². The molecular weight excluding hydrogens is 470 g/mol. The molecule has 1 amide bonds. The largest absolute Gasteiger partial charge is 0.491 e. The summed E-state index contributed by atoms with van der Waals surface area (Å²) in [4.78, 5) is 12.3. The number of nitrogens with zero attached hydrogens (tertiary/aromatic N) is 2. The highest BCUT2D eigenvalue weighted by Crippen LogP contribution is 2.43.